The van der Waals surface area contributed by atoms with Gasteiger partial charge in [-0.1, -0.05) is 30.3 Å². The molecule has 0 aliphatic carbocycles. The Labute approximate surface area is 189 Å². The van der Waals surface area contributed by atoms with Crippen LogP contribution in [-0.4, -0.2) is 29.9 Å². The van der Waals surface area contributed by atoms with E-state index in [9.17, 15) is 9.59 Å². The number of urea groups is 1. The second-order valence-electron chi connectivity index (χ2n) is 8.44. The van der Waals surface area contributed by atoms with Crippen LogP contribution in [0.4, 0.5) is 16.2 Å². The zero-order chi connectivity index (χ0) is 22.7. The Morgan fingerprint density at radius 3 is 2.34 bits per heavy atom. The molecule has 32 heavy (non-hydrogen) atoms. The van der Waals surface area contributed by atoms with Gasteiger partial charge in [-0.25, -0.2) is 4.79 Å². The fraction of sp³-hybridized carbons (Fsp3) is 0.259. The normalized spacial score (nSPS) is 13.9. The summed E-state index contributed by atoms with van der Waals surface area (Å²) in [5.41, 5.74) is 6.84. The van der Waals surface area contributed by atoms with E-state index in [-0.39, 0.29) is 11.9 Å². The van der Waals surface area contributed by atoms with Gasteiger partial charge in [-0.05, 0) is 85.8 Å². The van der Waals surface area contributed by atoms with Crippen molar-refractivity contribution in [3.05, 3.63) is 94.5 Å². The van der Waals surface area contributed by atoms with Crippen molar-refractivity contribution in [2.24, 2.45) is 0 Å². The number of nitrogens with zero attached hydrogens (tertiary/aromatic N) is 2. The van der Waals surface area contributed by atoms with E-state index in [2.05, 4.69) is 24.4 Å². The van der Waals surface area contributed by atoms with Crippen LogP contribution < -0.4 is 10.2 Å². The van der Waals surface area contributed by atoms with Crippen molar-refractivity contribution in [2.45, 2.75) is 33.7 Å². The van der Waals surface area contributed by atoms with Crippen LogP contribution in [0.1, 0.15) is 39.0 Å². The predicted octanol–water partition coefficient (Wildman–Crippen LogP) is 5.70. The van der Waals surface area contributed by atoms with Gasteiger partial charge in [-0.2, -0.15) is 0 Å². The maximum atomic E-state index is 13.1. The minimum absolute atomic E-state index is 0.00633. The highest BCUT2D eigenvalue weighted by molar-refractivity contribution is 6.04. The fourth-order valence-corrected chi connectivity index (χ4v) is 3.98. The molecule has 0 spiro atoms. The number of benzene rings is 3. The van der Waals surface area contributed by atoms with Crippen LogP contribution in [0, 0.1) is 20.8 Å². The molecule has 3 aromatic carbocycles. The molecule has 164 valence electrons. The monoisotopic (exact) mass is 427 g/mol. The second-order valence-corrected chi connectivity index (χ2v) is 8.44. The third-order valence-electron chi connectivity index (χ3n) is 6.14. The van der Waals surface area contributed by atoms with Gasteiger partial charge in [0.25, 0.3) is 5.91 Å². The summed E-state index contributed by atoms with van der Waals surface area (Å²) in [7, 11) is 0. The first-order valence-electron chi connectivity index (χ1n) is 11.0. The van der Waals surface area contributed by atoms with E-state index in [1.807, 2.05) is 61.2 Å². The van der Waals surface area contributed by atoms with Gasteiger partial charge in [0.05, 0.1) is 0 Å². The van der Waals surface area contributed by atoms with Crippen molar-refractivity contribution in [1.29, 1.82) is 0 Å². The Morgan fingerprint density at radius 2 is 1.62 bits per heavy atom. The number of anilines is 2. The highest BCUT2D eigenvalue weighted by Crippen LogP contribution is 2.23. The first-order valence-corrected chi connectivity index (χ1v) is 11.0. The average molecular weight is 428 g/mol. The quantitative estimate of drug-likeness (QED) is 0.568. The van der Waals surface area contributed by atoms with Gasteiger partial charge < -0.3 is 10.2 Å². The summed E-state index contributed by atoms with van der Waals surface area (Å²) in [6, 6.07) is 21.3. The second kappa shape index (κ2) is 9.27. The molecule has 0 bridgehead atoms. The van der Waals surface area contributed by atoms with E-state index in [0.29, 0.717) is 18.7 Å². The van der Waals surface area contributed by atoms with E-state index >= 15 is 0 Å². The van der Waals surface area contributed by atoms with Crippen molar-refractivity contribution in [2.75, 3.05) is 23.3 Å². The Morgan fingerprint density at radius 1 is 0.875 bits per heavy atom. The number of nitrogens with one attached hydrogen (secondary N) is 1. The molecule has 1 N–H and O–H groups in total. The molecule has 0 atom stereocenters. The topological polar surface area (TPSA) is 52.7 Å². The first kappa shape index (κ1) is 21.6. The number of amides is 3. The van der Waals surface area contributed by atoms with Crippen LogP contribution >= 0.6 is 0 Å². The number of carbonyl (C=O) groups excluding carboxylic acids is 2. The standard InChI is InChI=1S/C27H29N3O2/c1-19-9-12-24(17-21(19)3)28-26(31)22-10-13-25(14-11-22)30-16-6-15-29(27(30)32)18-23-8-5-4-7-20(23)2/h4-5,7-14,17H,6,15-16,18H2,1-3H3,(H,28,31). The zero-order valence-electron chi connectivity index (χ0n) is 18.9. The molecule has 3 amide bonds. The number of carbonyl (C=O) groups is 2. The summed E-state index contributed by atoms with van der Waals surface area (Å²) >= 11 is 0. The predicted molar refractivity (Wildman–Crippen MR) is 129 cm³/mol. The maximum Gasteiger partial charge on any atom is 0.324 e. The lowest BCUT2D eigenvalue weighted by molar-refractivity contribution is 0.102. The summed E-state index contributed by atoms with van der Waals surface area (Å²) in [6.45, 7) is 8.18. The molecule has 1 fully saturated rings. The highest BCUT2D eigenvalue weighted by Gasteiger charge is 2.27. The Hall–Kier alpha value is -3.60. The van der Waals surface area contributed by atoms with Crippen molar-refractivity contribution < 1.29 is 9.59 Å². The van der Waals surface area contributed by atoms with E-state index in [0.717, 1.165) is 29.9 Å². The highest BCUT2D eigenvalue weighted by atomic mass is 16.2. The lowest BCUT2D eigenvalue weighted by atomic mass is 10.1. The van der Waals surface area contributed by atoms with E-state index in [1.54, 1.807) is 17.0 Å². The number of aryl methyl sites for hydroxylation is 3. The Bertz CT molecular complexity index is 1140. The first-order chi connectivity index (χ1) is 15.4. The minimum atomic E-state index is -0.161. The van der Waals surface area contributed by atoms with Crippen LogP contribution in [0.5, 0.6) is 0 Å². The molecule has 0 aromatic heterocycles. The third-order valence-corrected chi connectivity index (χ3v) is 6.14. The van der Waals surface area contributed by atoms with Crippen molar-refractivity contribution >= 4 is 23.3 Å². The van der Waals surface area contributed by atoms with Gasteiger partial charge in [-0.15, -0.1) is 0 Å². The molecule has 0 radical (unpaired) electrons. The molecular formula is C27H29N3O2. The van der Waals surface area contributed by atoms with Gasteiger partial charge >= 0.3 is 6.03 Å². The lowest BCUT2D eigenvalue weighted by Gasteiger charge is -2.36. The molecule has 4 rings (SSSR count). The van der Waals surface area contributed by atoms with Crippen LogP contribution in [0.2, 0.25) is 0 Å². The average Bonchev–Trinajstić information content (AvgIpc) is 2.79. The molecule has 5 heteroatoms. The Kier molecular flexibility index (Phi) is 6.26. The summed E-state index contributed by atoms with van der Waals surface area (Å²) in [5, 5.41) is 2.95. The molecular weight excluding hydrogens is 398 g/mol. The molecule has 3 aromatic rings. The van der Waals surface area contributed by atoms with Gasteiger partial charge in [0.15, 0.2) is 0 Å². The molecule has 5 nitrogen and oxygen atoms in total. The number of hydrogen-bond donors (Lipinski definition) is 1. The fourth-order valence-electron chi connectivity index (χ4n) is 3.98. The zero-order valence-corrected chi connectivity index (χ0v) is 18.9. The van der Waals surface area contributed by atoms with E-state index in [4.69, 9.17) is 0 Å². The lowest BCUT2D eigenvalue weighted by Crippen LogP contribution is -2.49. The molecule has 1 aliphatic heterocycles. The molecule has 0 saturated carbocycles. The van der Waals surface area contributed by atoms with Crippen LogP contribution in [0.25, 0.3) is 0 Å². The van der Waals surface area contributed by atoms with Crippen LogP contribution in [0.15, 0.2) is 66.7 Å². The molecule has 1 aliphatic rings. The molecule has 1 saturated heterocycles. The van der Waals surface area contributed by atoms with Gasteiger partial charge in [0, 0.05) is 36.6 Å². The smallest absolute Gasteiger partial charge is 0.322 e. The van der Waals surface area contributed by atoms with Crippen molar-refractivity contribution in [1.82, 2.24) is 4.90 Å². The van der Waals surface area contributed by atoms with Crippen LogP contribution in [-0.2, 0) is 6.54 Å². The summed E-state index contributed by atoms with van der Waals surface area (Å²) in [4.78, 5) is 29.5. The number of rotatable bonds is 5. The molecule has 0 unspecified atom stereocenters. The minimum Gasteiger partial charge on any atom is -0.322 e. The van der Waals surface area contributed by atoms with Gasteiger partial charge in [0.1, 0.15) is 0 Å². The summed E-state index contributed by atoms with van der Waals surface area (Å²) < 4.78 is 0. The summed E-state index contributed by atoms with van der Waals surface area (Å²) in [6.07, 6.45) is 0.909. The maximum absolute atomic E-state index is 13.1. The summed E-state index contributed by atoms with van der Waals surface area (Å²) in [5.74, 6) is -0.161. The largest absolute Gasteiger partial charge is 0.324 e. The van der Waals surface area contributed by atoms with Gasteiger partial charge in [-0.3, -0.25) is 9.69 Å². The SMILES string of the molecule is Cc1ccc(NC(=O)c2ccc(N3CCCN(Cc4ccccc4C)C3=O)cc2)cc1C. The third kappa shape index (κ3) is 4.67. The van der Waals surface area contributed by atoms with Gasteiger partial charge in [0.2, 0.25) is 0 Å². The number of hydrogen-bond acceptors (Lipinski definition) is 2. The van der Waals surface area contributed by atoms with Crippen molar-refractivity contribution in [3.63, 3.8) is 0 Å². The Balaban J connectivity index is 1.44. The van der Waals surface area contributed by atoms with E-state index in [1.165, 1.54) is 16.7 Å². The van der Waals surface area contributed by atoms with Crippen molar-refractivity contribution in [3.8, 4) is 0 Å². The van der Waals surface area contributed by atoms with E-state index < -0.39 is 0 Å². The molecule has 1 heterocycles. The van der Waals surface area contributed by atoms with Crippen LogP contribution in [0.3, 0.4) is 0 Å².